The van der Waals surface area contributed by atoms with Gasteiger partial charge in [-0.05, 0) is 43.5 Å². The summed E-state index contributed by atoms with van der Waals surface area (Å²) in [4.78, 5) is 15.1. The maximum atomic E-state index is 12.3. The van der Waals surface area contributed by atoms with Crippen LogP contribution in [0.15, 0.2) is 41.2 Å². The minimum absolute atomic E-state index is 0.278. The Morgan fingerprint density at radius 2 is 1.76 bits per heavy atom. The molecule has 5 nitrogen and oxygen atoms in total. The average molecular weight is 355 g/mol. The smallest absolute Gasteiger partial charge is 0.274 e. The van der Waals surface area contributed by atoms with Gasteiger partial charge >= 0.3 is 0 Å². The highest BCUT2D eigenvalue weighted by atomic mass is 35.5. The zero-order chi connectivity index (χ0) is 18.0. The number of benzene rings is 2. The van der Waals surface area contributed by atoms with E-state index in [1.54, 1.807) is 6.07 Å². The molecule has 2 N–H and O–H groups in total. The van der Waals surface area contributed by atoms with E-state index in [2.05, 4.69) is 39.6 Å². The number of nitrogens with one attached hydrogen (secondary N) is 2. The second-order valence-corrected chi connectivity index (χ2v) is 6.52. The molecular weight excluding hydrogens is 336 g/mol. The third kappa shape index (κ3) is 3.88. The van der Waals surface area contributed by atoms with E-state index in [0.717, 1.165) is 22.4 Å². The monoisotopic (exact) mass is 354 g/mol. The highest BCUT2D eigenvalue weighted by Crippen LogP contribution is 2.24. The van der Waals surface area contributed by atoms with E-state index >= 15 is 0 Å². The summed E-state index contributed by atoms with van der Waals surface area (Å²) in [5, 5.41) is 11.9. The van der Waals surface area contributed by atoms with Crippen molar-refractivity contribution < 1.29 is 0 Å². The first-order valence-corrected chi connectivity index (χ1v) is 8.36. The first-order valence-electron chi connectivity index (χ1n) is 7.98. The van der Waals surface area contributed by atoms with Crippen LogP contribution in [-0.4, -0.2) is 15.2 Å². The molecule has 128 valence electrons. The van der Waals surface area contributed by atoms with Crippen LogP contribution in [-0.2, 0) is 6.42 Å². The van der Waals surface area contributed by atoms with Crippen molar-refractivity contribution in [3.8, 4) is 0 Å². The van der Waals surface area contributed by atoms with Crippen molar-refractivity contribution in [2.45, 2.75) is 27.2 Å². The lowest BCUT2D eigenvalue weighted by atomic mass is 10.1. The van der Waals surface area contributed by atoms with Crippen LogP contribution >= 0.6 is 11.6 Å². The van der Waals surface area contributed by atoms with Crippen LogP contribution in [0.5, 0.6) is 0 Å². The van der Waals surface area contributed by atoms with E-state index < -0.39 is 0 Å². The molecule has 0 atom stereocenters. The lowest BCUT2D eigenvalue weighted by Gasteiger charge is -2.12. The predicted octanol–water partition coefficient (Wildman–Crippen LogP) is 4.08. The molecule has 0 bridgehead atoms. The molecule has 0 aliphatic rings. The maximum Gasteiger partial charge on any atom is 0.274 e. The van der Waals surface area contributed by atoms with E-state index in [4.69, 9.17) is 11.6 Å². The van der Waals surface area contributed by atoms with Gasteiger partial charge in [0.2, 0.25) is 5.95 Å². The number of aromatic amines is 1. The lowest BCUT2D eigenvalue weighted by Crippen LogP contribution is -2.19. The lowest BCUT2D eigenvalue weighted by molar-refractivity contribution is 0.873. The van der Waals surface area contributed by atoms with Crippen molar-refractivity contribution in [2.24, 2.45) is 0 Å². The highest BCUT2D eigenvalue weighted by Gasteiger charge is 2.10. The Kier molecular flexibility index (Phi) is 4.86. The Balaban J connectivity index is 1.86. The van der Waals surface area contributed by atoms with E-state index in [1.165, 1.54) is 5.56 Å². The molecule has 3 aromatic rings. The number of hydrogen-bond donors (Lipinski definition) is 2. The van der Waals surface area contributed by atoms with Crippen LogP contribution in [0.3, 0.4) is 0 Å². The SMILES string of the molecule is Cc1cc(C)c(Nc2nnc(Cc3ccccc3Cl)c(=O)[nH]2)c(C)c1. The minimum atomic E-state index is -0.278. The molecule has 1 heterocycles. The van der Waals surface area contributed by atoms with Gasteiger partial charge in [0.1, 0.15) is 5.69 Å². The molecule has 0 aliphatic carbocycles. The van der Waals surface area contributed by atoms with Crippen molar-refractivity contribution >= 4 is 23.2 Å². The Labute approximate surface area is 151 Å². The number of halogens is 1. The summed E-state index contributed by atoms with van der Waals surface area (Å²) in [5.41, 5.74) is 5.18. The molecule has 6 heteroatoms. The molecule has 1 aromatic heterocycles. The van der Waals surface area contributed by atoms with Gasteiger partial charge in [0.15, 0.2) is 0 Å². The average Bonchev–Trinajstić information content (AvgIpc) is 2.55. The quantitative estimate of drug-likeness (QED) is 0.740. The highest BCUT2D eigenvalue weighted by molar-refractivity contribution is 6.31. The Bertz CT molecular complexity index is 958. The molecule has 0 aliphatic heterocycles. The molecule has 0 radical (unpaired) electrons. The summed E-state index contributed by atoms with van der Waals surface area (Å²) >= 11 is 6.14. The Morgan fingerprint density at radius 1 is 1.08 bits per heavy atom. The summed E-state index contributed by atoms with van der Waals surface area (Å²) in [5.74, 6) is 0.322. The first-order chi connectivity index (χ1) is 11.9. The number of hydrogen-bond acceptors (Lipinski definition) is 4. The summed E-state index contributed by atoms with van der Waals surface area (Å²) < 4.78 is 0. The third-order valence-corrected chi connectivity index (χ3v) is 4.37. The van der Waals surface area contributed by atoms with E-state index in [9.17, 15) is 4.79 Å². The number of aromatic nitrogens is 3. The maximum absolute atomic E-state index is 12.3. The van der Waals surface area contributed by atoms with E-state index in [-0.39, 0.29) is 5.56 Å². The van der Waals surface area contributed by atoms with Crippen LogP contribution in [0.4, 0.5) is 11.6 Å². The van der Waals surface area contributed by atoms with Gasteiger partial charge in [-0.25, -0.2) is 0 Å². The van der Waals surface area contributed by atoms with Crippen LogP contribution in [0.25, 0.3) is 0 Å². The normalized spacial score (nSPS) is 10.7. The van der Waals surface area contributed by atoms with Crippen LogP contribution in [0.1, 0.15) is 27.9 Å². The fourth-order valence-electron chi connectivity index (χ4n) is 2.85. The second kappa shape index (κ2) is 7.07. The van der Waals surface area contributed by atoms with Gasteiger partial charge in [-0.15, -0.1) is 10.2 Å². The Hall–Kier alpha value is -2.66. The molecule has 0 fully saturated rings. The number of rotatable bonds is 4. The number of nitrogens with zero attached hydrogens (tertiary/aromatic N) is 2. The number of aryl methyl sites for hydroxylation is 3. The molecule has 0 amide bonds. The zero-order valence-electron chi connectivity index (χ0n) is 14.4. The fourth-order valence-corrected chi connectivity index (χ4v) is 3.05. The van der Waals surface area contributed by atoms with E-state index in [1.807, 2.05) is 32.0 Å². The van der Waals surface area contributed by atoms with Gasteiger partial charge in [0, 0.05) is 17.1 Å². The first kappa shape index (κ1) is 17.2. The standard InChI is InChI=1S/C19H19ClN4O/c1-11-8-12(2)17(13(3)9-11)21-19-22-18(25)16(23-24-19)10-14-6-4-5-7-15(14)20/h4-9H,10H2,1-3H3,(H2,21,22,24,25). The van der Waals surface area contributed by atoms with Crippen LogP contribution in [0, 0.1) is 20.8 Å². The van der Waals surface area contributed by atoms with Gasteiger partial charge < -0.3 is 5.32 Å². The summed E-state index contributed by atoms with van der Waals surface area (Å²) in [6, 6.07) is 11.5. The van der Waals surface area contributed by atoms with Crippen LogP contribution in [0.2, 0.25) is 5.02 Å². The van der Waals surface area contributed by atoms with Gasteiger partial charge in [-0.1, -0.05) is 47.5 Å². The third-order valence-electron chi connectivity index (χ3n) is 4.00. The van der Waals surface area contributed by atoms with Crippen molar-refractivity contribution in [3.63, 3.8) is 0 Å². The summed E-state index contributed by atoms with van der Waals surface area (Å²) in [6.07, 6.45) is 0.338. The number of H-pyrrole nitrogens is 1. The van der Waals surface area contributed by atoms with Crippen molar-refractivity contribution in [3.05, 3.63) is 79.7 Å². The molecule has 3 rings (SSSR count). The molecule has 2 aromatic carbocycles. The van der Waals surface area contributed by atoms with Gasteiger partial charge in [0.25, 0.3) is 5.56 Å². The zero-order valence-corrected chi connectivity index (χ0v) is 15.1. The summed E-state index contributed by atoms with van der Waals surface area (Å²) in [6.45, 7) is 6.08. The molecule has 0 spiro atoms. The van der Waals surface area contributed by atoms with Gasteiger partial charge in [-0.3, -0.25) is 9.78 Å². The molecule has 0 saturated carbocycles. The minimum Gasteiger partial charge on any atom is -0.324 e. The second-order valence-electron chi connectivity index (χ2n) is 6.12. The van der Waals surface area contributed by atoms with Gasteiger partial charge in [0.05, 0.1) is 0 Å². The van der Waals surface area contributed by atoms with Crippen molar-refractivity contribution in [1.29, 1.82) is 0 Å². The van der Waals surface area contributed by atoms with Crippen molar-refractivity contribution in [1.82, 2.24) is 15.2 Å². The Morgan fingerprint density at radius 3 is 2.40 bits per heavy atom. The van der Waals surface area contributed by atoms with E-state index in [0.29, 0.717) is 23.1 Å². The van der Waals surface area contributed by atoms with Crippen molar-refractivity contribution in [2.75, 3.05) is 5.32 Å². The molecule has 0 unspecified atom stereocenters. The summed E-state index contributed by atoms with van der Waals surface area (Å²) in [7, 11) is 0. The molecule has 0 saturated heterocycles. The topological polar surface area (TPSA) is 70.7 Å². The molecular formula is C19H19ClN4O. The number of anilines is 2. The largest absolute Gasteiger partial charge is 0.324 e. The van der Waals surface area contributed by atoms with Crippen LogP contribution < -0.4 is 10.9 Å². The predicted molar refractivity (Wildman–Crippen MR) is 101 cm³/mol. The fraction of sp³-hybridized carbons (Fsp3) is 0.211. The van der Waals surface area contributed by atoms with Gasteiger partial charge in [-0.2, -0.15) is 0 Å². The molecule has 25 heavy (non-hydrogen) atoms.